The summed E-state index contributed by atoms with van der Waals surface area (Å²) in [6, 6.07) is 0.634. The fourth-order valence-corrected chi connectivity index (χ4v) is 2.81. The third-order valence-corrected chi connectivity index (χ3v) is 3.37. The van der Waals surface area contributed by atoms with Crippen LogP contribution in [0.2, 0.25) is 0 Å². The summed E-state index contributed by atoms with van der Waals surface area (Å²) in [7, 11) is 0. The van der Waals surface area contributed by atoms with Crippen LogP contribution in [-0.2, 0) is 0 Å². The molecule has 1 aliphatic carbocycles. The Morgan fingerprint density at radius 3 is 2.33 bits per heavy atom. The molecule has 0 spiro atoms. The largest absolute Gasteiger partial charge is 0.394 e. The first-order valence-electron chi connectivity index (χ1n) is 6.44. The summed E-state index contributed by atoms with van der Waals surface area (Å²) in [6.45, 7) is 6.84. The van der Waals surface area contributed by atoms with E-state index in [0.29, 0.717) is 12.0 Å². The second kappa shape index (κ2) is 5.86. The van der Waals surface area contributed by atoms with E-state index in [4.69, 9.17) is 0 Å². The second-order valence-electron chi connectivity index (χ2n) is 5.80. The fraction of sp³-hybridized carbons (Fsp3) is 1.00. The van der Waals surface area contributed by atoms with E-state index in [0.717, 1.165) is 6.42 Å². The predicted molar refractivity (Wildman–Crippen MR) is 65.0 cm³/mol. The molecule has 1 rings (SSSR count). The minimum Gasteiger partial charge on any atom is -0.394 e. The van der Waals surface area contributed by atoms with Gasteiger partial charge in [-0.2, -0.15) is 0 Å². The van der Waals surface area contributed by atoms with Crippen LogP contribution in [0.15, 0.2) is 0 Å². The van der Waals surface area contributed by atoms with Gasteiger partial charge < -0.3 is 10.4 Å². The molecule has 15 heavy (non-hydrogen) atoms. The Hall–Kier alpha value is -0.0800. The van der Waals surface area contributed by atoms with Gasteiger partial charge >= 0.3 is 0 Å². The second-order valence-corrected chi connectivity index (χ2v) is 5.80. The molecular weight excluding hydrogens is 186 g/mol. The van der Waals surface area contributed by atoms with E-state index in [1.807, 2.05) is 0 Å². The molecule has 0 aromatic carbocycles. The third-order valence-electron chi connectivity index (χ3n) is 3.37. The van der Waals surface area contributed by atoms with Crippen LogP contribution in [0.25, 0.3) is 0 Å². The molecule has 1 unspecified atom stereocenters. The van der Waals surface area contributed by atoms with Gasteiger partial charge in [-0.1, -0.05) is 33.1 Å². The molecule has 0 heterocycles. The lowest BCUT2D eigenvalue weighted by atomic mass is 9.87. The highest BCUT2D eigenvalue weighted by Gasteiger charge is 2.28. The van der Waals surface area contributed by atoms with Crippen molar-refractivity contribution in [1.82, 2.24) is 5.32 Å². The van der Waals surface area contributed by atoms with Gasteiger partial charge in [0, 0.05) is 11.6 Å². The molecular formula is C13H27NO. The Labute approximate surface area is 94.5 Å². The molecule has 1 fully saturated rings. The van der Waals surface area contributed by atoms with Gasteiger partial charge in [-0.3, -0.25) is 0 Å². The highest BCUT2D eigenvalue weighted by molar-refractivity contribution is 4.88. The van der Waals surface area contributed by atoms with Crippen molar-refractivity contribution in [3.05, 3.63) is 0 Å². The van der Waals surface area contributed by atoms with Crippen molar-refractivity contribution in [3.63, 3.8) is 0 Å². The van der Waals surface area contributed by atoms with Gasteiger partial charge in [-0.05, 0) is 32.1 Å². The highest BCUT2D eigenvalue weighted by atomic mass is 16.3. The van der Waals surface area contributed by atoms with Gasteiger partial charge in [0.1, 0.15) is 0 Å². The molecule has 90 valence electrons. The lowest BCUT2D eigenvalue weighted by Gasteiger charge is -2.36. The maximum absolute atomic E-state index is 9.50. The fourth-order valence-electron chi connectivity index (χ4n) is 2.81. The molecule has 1 atom stereocenters. The maximum atomic E-state index is 9.50. The summed E-state index contributed by atoms with van der Waals surface area (Å²) in [5, 5.41) is 13.2. The molecule has 2 N–H and O–H groups in total. The van der Waals surface area contributed by atoms with E-state index in [9.17, 15) is 5.11 Å². The van der Waals surface area contributed by atoms with Crippen LogP contribution >= 0.6 is 0 Å². The zero-order valence-electron chi connectivity index (χ0n) is 10.6. The van der Waals surface area contributed by atoms with E-state index in [-0.39, 0.29) is 12.1 Å². The standard InChI is InChI=1S/C13H27NO/c1-11(2)9-13(3,10-15)14-12-7-5-4-6-8-12/h11-12,14-15H,4-10H2,1-3H3. The number of nitrogens with one attached hydrogen (secondary N) is 1. The van der Waals surface area contributed by atoms with E-state index >= 15 is 0 Å². The Bertz CT molecular complexity index is 175. The number of aliphatic hydroxyl groups excluding tert-OH is 1. The zero-order valence-corrected chi connectivity index (χ0v) is 10.6. The maximum Gasteiger partial charge on any atom is 0.0610 e. The molecule has 0 bridgehead atoms. The van der Waals surface area contributed by atoms with Gasteiger partial charge in [0.25, 0.3) is 0 Å². The van der Waals surface area contributed by atoms with Gasteiger partial charge in [0.15, 0.2) is 0 Å². The van der Waals surface area contributed by atoms with Crippen LogP contribution < -0.4 is 5.32 Å². The molecule has 2 heteroatoms. The molecule has 2 nitrogen and oxygen atoms in total. The summed E-state index contributed by atoms with van der Waals surface area (Å²) in [4.78, 5) is 0. The van der Waals surface area contributed by atoms with E-state index in [2.05, 4.69) is 26.1 Å². The number of aliphatic hydroxyl groups is 1. The van der Waals surface area contributed by atoms with Crippen molar-refractivity contribution < 1.29 is 5.11 Å². The minimum absolute atomic E-state index is 0.0732. The van der Waals surface area contributed by atoms with Crippen LogP contribution in [0.1, 0.15) is 59.3 Å². The predicted octanol–water partition coefficient (Wildman–Crippen LogP) is 2.71. The van der Waals surface area contributed by atoms with Gasteiger partial charge in [-0.15, -0.1) is 0 Å². The van der Waals surface area contributed by atoms with Crippen molar-refractivity contribution in [1.29, 1.82) is 0 Å². The van der Waals surface area contributed by atoms with Crippen LogP contribution in [0, 0.1) is 5.92 Å². The molecule has 1 aliphatic rings. The Kier molecular flexibility index (Phi) is 5.07. The van der Waals surface area contributed by atoms with Crippen molar-refractivity contribution in [2.75, 3.05) is 6.61 Å². The van der Waals surface area contributed by atoms with E-state index < -0.39 is 0 Å². The molecule has 1 saturated carbocycles. The topological polar surface area (TPSA) is 32.3 Å². The SMILES string of the molecule is CC(C)CC(C)(CO)NC1CCCCC1. The Morgan fingerprint density at radius 2 is 1.87 bits per heavy atom. The number of rotatable bonds is 5. The van der Waals surface area contributed by atoms with Crippen LogP contribution in [0.4, 0.5) is 0 Å². The van der Waals surface area contributed by atoms with E-state index in [1.165, 1.54) is 32.1 Å². The molecule has 0 amide bonds. The van der Waals surface area contributed by atoms with Gasteiger partial charge in [0.05, 0.1) is 6.61 Å². The Morgan fingerprint density at radius 1 is 1.27 bits per heavy atom. The summed E-state index contributed by atoms with van der Waals surface area (Å²) in [5.74, 6) is 0.637. The average molecular weight is 213 g/mol. The third kappa shape index (κ3) is 4.52. The summed E-state index contributed by atoms with van der Waals surface area (Å²) in [5.41, 5.74) is -0.0732. The molecule has 0 radical (unpaired) electrons. The first-order valence-corrected chi connectivity index (χ1v) is 6.44. The zero-order chi connectivity index (χ0) is 11.3. The van der Waals surface area contributed by atoms with Crippen LogP contribution in [0.5, 0.6) is 0 Å². The molecule has 0 aromatic heterocycles. The van der Waals surface area contributed by atoms with Gasteiger partial charge in [-0.25, -0.2) is 0 Å². The average Bonchev–Trinajstić information content (AvgIpc) is 2.18. The molecule has 0 aliphatic heterocycles. The Balaban J connectivity index is 2.42. The summed E-state index contributed by atoms with van der Waals surface area (Å²) < 4.78 is 0. The number of hydrogen-bond acceptors (Lipinski definition) is 2. The van der Waals surface area contributed by atoms with Crippen molar-refractivity contribution in [3.8, 4) is 0 Å². The molecule has 0 saturated heterocycles. The quantitative estimate of drug-likeness (QED) is 0.736. The summed E-state index contributed by atoms with van der Waals surface area (Å²) in [6.07, 6.45) is 7.71. The molecule has 0 aromatic rings. The highest BCUT2D eigenvalue weighted by Crippen LogP contribution is 2.23. The van der Waals surface area contributed by atoms with Crippen LogP contribution in [-0.4, -0.2) is 23.3 Å². The smallest absolute Gasteiger partial charge is 0.0610 e. The van der Waals surface area contributed by atoms with Crippen molar-refractivity contribution in [2.45, 2.75) is 70.9 Å². The number of hydrogen-bond donors (Lipinski definition) is 2. The van der Waals surface area contributed by atoms with Crippen molar-refractivity contribution >= 4 is 0 Å². The van der Waals surface area contributed by atoms with Crippen LogP contribution in [0.3, 0.4) is 0 Å². The van der Waals surface area contributed by atoms with E-state index in [1.54, 1.807) is 0 Å². The lowest BCUT2D eigenvalue weighted by molar-refractivity contribution is 0.131. The minimum atomic E-state index is -0.0732. The first kappa shape index (κ1) is 13.0. The lowest BCUT2D eigenvalue weighted by Crippen LogP contribution is -2.52. The summed E-state index contributed by atoms with van der Waals surface area (Å²) >= 11 is 0. The first-order chi connectivity index (χ1) is 7.06. The van der Waals surface area contributed by atoms with Crippen molar-refractivity contribution in [2.24, 2.45) is 5.92 Å². The van der Waals surface area contributed by atoms with Gasteiger partial charge in [0.2, 0.25) is 0 Å². The monoisotopic (exact) mass is 213 g/mol. The normalized spacial score (nSPS) is 23.0.